The van der Waals surface area contributed by atoms with Crippen LogP contribution in [0.15, 0.2) is 97.5 Å². The van der Waals surface area contributed by atoms with E-state index in [4.69, 9.17) is 14.8 Å². The van der Waals surface area contributed by atoms with E-state index in [9.17, 15) is 0 Å². The van der Waals surface area contributed by atoms with E-state index in [0.717, 1.165) is 64.6 Å². The number of rotatable bonds is 11. The fourth-order valence-corrected chi connectivity index (χ4v) is 7.02. The van der Waals surface area contributed by atoms with Gasteiger partial charge in [0.2, 0.25) is 0 Å². The normalized spacial score (nSPS) is 11.5. The molecule has 0 radical (unpaired) electrons. The van der Waals surface area contributed by atoms with E-state index in [1.54, 1.807) is 0 Å². The minimum atomic E-state index is 0. The summed E-state index contributed by atoms with van der Waals surface area (Å²) in [6.45, 7) is 13.4. The van der Waals surface area contributed by atoms with Gasteiger partial charge < -0.3 is 9.30 Å². The molecular formula is C44H44N4OPt. The molecule has 0 saturated heterocycles. The molecule has 0 fully saturated rings. The molecule has 7 aromatic rings. The zero-order valence-corrected chi connectivity index (χ0v) is 32.0. The van der Waals surface area contributed by atoms with Crippen LogP contribution in [0, 0.1) is 24.0 Å². The maximum atomic E-state index is 6.61. The Balaban J connectivity index is 0.00000432. The van der Waals surface area contributed by atoms with E-state index < -0.39 is 0 Å². The molecule has 256 valence electrons. The number of pyridine rings is 1. The van der Waals surface area contributed by atoms with Crippen LogP contribution in [0.25, 0.3) is 44.4 Å². The second-order valence-corrected chi connectivity index (χ2v) is 13.8. The number of hydrogen-bond acceptors (Lipinski definition) is 3. The molecule has 0 aliphatic heterocycles. The van der Waals surface area contributed by atoms with Crippen LogP contribution in [-0.4, -0.2) is 19.3 Å². The maximum Gasteiger partial charge on any atom is 2.00 e. The summed E-state index contributed by atoms with van der Waals surface area (Å²) in [6.07, 6.45) is 9.87. The quantitative estimate of drug-likeness (QED) is 0.122. The summed E-state index contributed by atoms with van der Waals surface area (Å²) >= 11 is 0. The Morgan fingerprint density at radius 2 is 1.48 bits per heavy atom. The predicted molar refractivity (Wildman–Crippen MR) is 201 cm³/mol. The van der Waals surface area contributed by atoms with Crippen LogP contribution >= 0.6 is 0 Å². The molecule has 0 saturated carbocycles. The van der Waals surface area contributed by atoms with Crippen molar-refractivity contribution in [3.05, 3.63) is 132 Å². The second-order valence-electron chi connectivity index (χ2n) is 13.8. The summed E-state index contributed by atoms with van der Waals surface area (Å²) in [5.41, 5.74) is 10.4. The molecule has 0 amide bonds. The first kappa shape index (κ1) is 35.4. The predicted octanol–water partition coefficient (Wildman–Crippen LogP) is 10.9. The Kier molecular flexibility index (Phi) is 10.7. The van der Waals surface area contributed by atoms with E-state index in [-0.39, 0.29) is 21.1 Å². The minimum absolute atomic E-state index is 0. The van der Waals surface area contributed by atoms with Crippen LogP contribution in [0.5, 0.6) is 11.5 Å². The Labute approximate surface area is 310 Å². The topological polar surface area (TPSA) is 44.9 Å². The fraction of sp³-hybridized carbons (Fsp3) is 0.273. The van der Waals surface area contributed by atoms with Crippen molar-refractivity contribution in [2.24, 2.45) is 11.8 Å². The smallest absolute Gasteiger partial charge is 0.509 e. The van der Waals surface area contributed by atoms with Crippen molar-refractivity contribution in [2.75, 3.05) is 0 Å². The number of para-hydroxylation sites is 1. The van der Waals surface area contributed by atoms with Gasteiger partial charge in [-0.3, -0.25) is 4.68 Å². The first-order valence-electron chi connectivity index (χ1n) is 17.6. The van der Waals surface area contributed by atoms with E-state index in [1.807, 2.05) is 23.1 Å². The molecule has 0 unspecified atom stereocenters. The maximum absolute atomic E-state index is 6.61. The molecule has 0 aliphatic carbocycles. The van der Waals surface area contributed by atoms with E-state index in [1.165, 1.54) is 27.8 Å². The van der Waals surface area contributed by atoms with E-state index in [0.29, 0.717) is 23.3 Å². The van der Waals surface area contributed by atoms with Crippen LogP contribution in [0.3, 0.4) is 0 Å². The zero-order chi connectivity index (χ0) is 34.1. The molecular weight excluding hydrogens is 796 g/mol. The molecule has 0 spiro atoms. The van der Waals surface area contributed by atoms with Crippen molar-refractivity contribution < 1.29 is 25.8 Å². The van der Waals surface area contributed by atoms with E-state index in [2.05, 4.69) is 137 Å². The number of ether oxygens (including phenoxy) is 1. The van der Waals surface area contributed by atoms with Crippen molar-refractivity contribution in [3.8, 4) is 34.1 Å². The van der Waals surface area contributed by atoms with Gasteiger partial charge in [0.25, 0.3) is 0 Å². The third kappa shape index (κ3) is 7.21. The zero-order valence-electron chi connectivity index (χ0n) is 29.7. The van der Waals surface area contributed by atoms with Crippen molar-refractivity contribution >= 4 is 21.8 Å². The van der Waals surface area contributed by atoms with Gasteiger partial charge in [-0.2, -0.15) is 16.7 Å². The summed E-state index contributed by atoms with van der Waals surface area (Å²) < 4.78 is 10.7. The Bertz CT molecular complexity index is 2240. The first-order valence-corrected chi connectivity index (χ1v) is 17.6. The number of nitrogens with zero attached hydrogens (tertiary/aromatic N) is 4. The monoisotopic (exact) mass is 839 g/mol. The average molecular weight is 840 g/mol. The molecule has 0 N–H and O–H groups in total. The first-order chi connectivity index (χ1) is 23.8. The minimum Gasteiger partial charge on any atom is -0.509 e. The summed E-state index contributed by atoms with van der Waals surface area (Å²) in [6, 6.07) is 34.9. The van der Waals surface area contributed by atoms with Gasteiger partial charge in [0, 0.05) is 35.0 Å². The molecule has 0 aliphatic rings. The Morgan fingerprint density at radius 1 is 0.740 bits per heavy atom. The van der Waals surface area contributed by atoms with Gasteiger partial charge in [-0.15, -0.1) is 35.7 Å². The average Bonchev–Trinajstić information content (AvgIpc) is 3.70. The van der Waals surface area contributed by atoms with Crippen molar-refractivity contribution in [1.29, 1.82) is 0 Å². The van der Waals surface area contributed by atoms with Gasteiger partial charge >= 0.3 is 21.1 Å². The summed E-state index contributed by atoms with van der Waals surface area (Å²) in [5.74, 6) is 3.20. The summed E-state index contributed by atoms with van der Waals surface area (Å²) in [7, 11) is 0. The molecule has 6 heteroatoms. The number of benzene rings is 4. The SMILES string of the molecule is CCc1cccc(CC)c1-c1cnn(-c2[c-]c(Oc3[c-]c4c(cc3)c3ccccc3n4-c3cc(CC(C)C)ccn3)cc(CC(C)C)c2)c1.[Pt+2]. The fourth-order valence-electron chi connectivity index (χ4n) is 7.02. The van der Waals surface area contributed by atoms with Gasteiger partial charge in [0.15, 0.2) is 0 Å². The molecule has 50 heavy (non-hydrogen) atoms. The molecule has 5 nitrogen and oxygen atoms in total. The third-order valence-corrected chi connectivity index (χ3v) is 9.11. The second kappa shape index (κ2) is 15.2. The van der Waals surface area contributed by atoms with Crippen LogP contribution < -0.4 is 4.74 Å². The standard InChI is InChI=1S/C44H44N4O.Pt/c1-7-33-12-11-13-34(8-2)44(33)35-27-46-47(28-35)36-22-32(21-30(5)6)23-38(25-36)49-37-16-17-40-39-14-9-10-15-41(39)48(42(40)26-37)43-24-31(18-19-45-43)20-29(3)4;/h9-19,22-24,27-30H,7-8,20-21H2,1-6H3;/q-2;+2. The van der Waals surface area contributed by atoms with Crippen LogP contribution in [0.4, 0.5) is 0 Å². The Hall–Kier alpha value is -4.47. The van der Waals surface area contributed by atoms with Gasteiger partial charge in [-0.25, -0.2) is 4.98 Å². The van der Waals surface area contributed by atoms with Crippen molar-refractivity contribution in [3.63, 3.8) is 0 Å². The largest absolute Gasteiger partial charge is 2.00 e. The molecule has 4 aromatic carbocycles. The van der Waals surface area contributed by atoms with E-state index >= 15 is 0 Å². The number of fused-ring (bicyclic) bond motifs is 3. The van der Waals surface area contributed by atoms with Gasteiger partial charge in [-0.1, -0.05) is 83.5 Å². The van der Waals surface area contributed by atoms with Gasteiger partial charge in [0.1, 0.15) is 5.82 Å². The van der Waals surface area contributed by atoms with Crippen LogP contribution in [-0.2, 0) is 46.7 Å². The molecule has 0 bridgehead atoms. The number of aryl methyl sites for hydroxylation is 2. The number of hydrogen-bond donors (Lipinski definition) is 0. The summed E-state index contributed by atoms with van der Waals surface area (Å²) in [4.78, 5) is 4.82. The summed E-state index contributed by atoms with van der Waals surface area (Å²) in [5, 5.41) is 7.10. The molecule has 0 atom stereocenters. The van der Waals surface area contributed by atoms with Crippen LogP contribution in [0.1, 0.15) is 63.8 Å². The van der Waals surface area contributed by atoms with Crippen molar-refractivity contribution in [1.82, 2.24) is 19.3 Å². The van der Waals surface area contributed by atoms with Gasteiger partial charge in [-0.05, 0) is 89.0 Å². The van der Waals surface area contributed by atoms with Gasteiger partial charge in [0.05, 0.1) is 6.20 Å². The number of aromatic nitrogens is 4. The third-order valence-electron chi connectivity index (χ3n) is 9.11. The molecule has 3 heterocycles. The van der Waals surface area contributed by atoms with Crippen LogP contribution in [0.2, 0.25) is 0 Å². The Morgan fingerprint density at radius 3 is 2.22 bits per heavy atom. The van der Waals surface area contributed by atoms with Crippen molar-refractivity contribution in [2.45, 2.75) is 67.2 Å². The molecule has 7 rings (SSSR count). The molecule has 3 aromatic heterocycles.